The summed E-state index contributed by atoms with van der Waals surface area (Å²) in [5.74, 6) is -2.11. The molecule has 0 aliphatic rings. The first-order chi connectivity index (χ1) is 47.7. The van der Waals surface area contributed by atoms with Crippen molar-refractivity contribution < 1.29 is 80.2 Å². The molecule has 0 bridgehead atoms. The number of unbranched alkanes of at least 4 members (excludes halogenated alkanes) is 54. The van der Waals surface area contributed by atoms with Crippen molar-refractivity contribution in [3.05, 3.63) is 0 Å². The third kappa shape index (κ3) is 72.4. The van der Waals surface area contributed by atoms with Crippen molar-refractivity contribution in [3.63, 3.8) is 0 Å². The lowest BCUT2D eigenvalue weighted by Crippen LogP contribution is -2.30. The SMILES string of the molecule is CCCCCCCCCCCCCCCCCCCCCCC(=O)OC[C@H](COP(=O)(O)OC[C@@H](O)COP(=O)(O)OC[C@@H](COC(=O)CCCCCCCCCCC)OC(=O)CCCCCCCCCCC)OC(=O)CCCCCCCCCCCCCCCCCCCCCC. The van der Waals surface area contributed by atoms with Crippen molar-refractivity contribution in [2.75, 3.05) is 39.6 Å². The van der Waals surface area contributed by atoms with Crippen molar-refractivity contribution >= 4 is 39.5 Å². The van der Waals surface area contributed by atoms with Gasteiger partial charge in [-0.1, -0.05) is 374 Å². The van der Waals surface area contributed by atoms with Crippen molar-refractivity contribution in [2.45, 2.75) is 444 Å². The van der Waals surface area contributed by atoms with E-state index in [1.807, 2.05) is 0 Å². The Hall–Kier alpha value is -1.94. The highest BCUT2D eigenvalue weighted by atomic mass is 31.2. The molecule has 0 spiro atoms. The van der Waals surface area contributed by atoms with Gasteiger partial charge in [0, 0.05) is 25.7 Å². The Morgan fingerprint density at radius 1 is 0.245 bits per heavy atom. The fourth-order valence-electron chi connectivity index (χ4n) is 12.3. The molecule has 3 N–H and O–H groups in total. The molecule has 5 atom stereocenters. The molecule has 98 heavy (non-hydrogen) atoms. The van der Waals surface area contributed by atoms with Gasteiger partial charge in [0.25, 0.3) is 0 Å². The highest BCUT2D eigenvalue weighted by molar-refractivity contribution is 7.47. The molecule has 0 aromatic heterocycles. The Kier molecular flexibility index (Phi) is 71.9. The minimum absolute atomic E-state index is 0.106. The molecule has 0 aliphatic heterocycles. The molecule has 2 unspecified atom stereocenters. The van der Waals surface area contributed by atoms with Crippen LogP contribution < -0.4 is 0 Å². The number of phosphoric ester groups is 2. The van der Waals surface area contributed by atoms with Crippen LogP contribution in [0.2, 0.25) is 0 Å². The lowest BCUT2D eigenvalue weighted by atomic mass is 10.0. The largest absolute Gasteiger partial charge is 0.472 e. The normalized spacial score (nSPS) is 13.8. The first kappa shape index (κ1) is 96.1. The third-order valence-electron chi connectivity index (χ3n) is 18.6. The summed E-state index contributed by atoms with van der Waals surface area (Å²) in [6, 6.07) is 0. The molecule has 0 heterocycles. The third-order valence-corrected chi connectivity index (χ3v) is 20.5. The average Bonchev–Trinajstić information content (AvgIpc) is 0.973. The van der Waals surface area contributed by atoms with Gasteiger partial charge in [-0.25, -0.2) is 9.13 Å². The molecule has 0 saturated carbocycles. The fraction of sp³-hybridized carbons (Fsp3) is 0.949. The molecule has 0 radical (unpaired) electrons. The van der Waals surface area contributed by atoms with Crippen LogP contribution in [0.4, 0.5) is 0 Å². The Morgan fingerprint density at radius 3 is 0.602 bits per heavy atom. The number of hydrogen-bond donors (Lipinski definition) is 3. The molecule has 0 rings (SSSR count). The molecule has 0 aromatic carbocycles. The number of aliphatic hydroxyl groups is 1. The van der Waals surface area contributed by atoms with Gasteiger partial charge in [0.15, 0.2) is 12.2 Å². The van der Waals surface area contributed by atoms with Gasteiger partial charge in [0.05, 0.1) is 26.4 Å². The Labute approximate surface area is 600 Å². The summed E-state index contributed by atoms with van der Waals surface area (Å²) in [5, 5.41) is 10.6. The summed E-state index contributed by atoms with van der Waals surface area (Å²) in [6.45, 7) is 4.97. The van der Waals surface area contributed by atoms with E-state index in [0.717, 1.165) is 89.9 Å². The van der Waals surface area contributed by atoms with Crippen molar-refractivity contribution in [1.29, 1.82) is 0 Å². The van der Waals surface area contributed by atoms with Crippen molar-refractivity contribution in [2.24, 2.45) is 0 Å². The number of rotatable bonds is 80. The number of ether oxygens (including phenoxy) is 4. The summed E-state index contributed by atoms with van der Waals surface area (Å²) in [5.41, 5.74) is 0. The summed E-state index contributed by atoms with van der Waals surface area (Å²) in [7, 11) is -9.91. The lowest BCUT2D eigenvalue weighted by Gasteiger charge is -2.21. The van der Waals surface area contributed by atoms with Gasteiger partial charge in [-0.15, -0.1) is 0 Å². The topological polar surface area (TPSA) is 237 Å². The highest BCUT2D eigenvalue weighted by Crippen LogP contribution is 2.45. The van der Waals surface area contributed by atoms with Gasteiger partial charge in [0.1, 0.15) is 19.3 Å². The second kappa shape index (κ2) is 73.4. The molecule has 17 nitrogen and oxygen atoms in total. The number of carbonyl (C=O) groups is 4. The van der Waals surface area contributed by atoms with E-state index in [0.29, 0.717) is 25.7 Å². The monoisotopic (exact) mass is 1440 g/mol. The van der Waals surface area contributed by atoms with Gasteiger partial charge in [-0.2, -0.15) is 0 Å². The van der Waals surface area contributed by atoms with Crippen LogP contribution in [0, 0.1) is 0 Å². The minimum atomic E-state index is -4.96. The van der Waals surface area contributed by atoms with Gasteiger partial charge in [-0.05, 0) is 25.7 Å². The summed E-state index contributed by atoms with van der Waals surface area (Å²) >= 11 is 0. The van der Waals surface area contributed by atoms with E-state index in [1.54, 1.807) is 0 Å². The number of carbonyl (C=O) groups excluding carboxylic acids is 4. The molecule has 19 heteroatoms. The van der Waals surface area contributed by atoms with Crippen molar-refractivity contribution in [1.82, 2.24) is 0 Å². The molecular weight excluding hydrogens is 1280 g/mol. The van der Waals surface area contributed by atoms with E-state index in [9.17, 15) is 43.2 Å². The van der Waals surface area contributed by atoms with Crippen LogP contribution in [0.3, 0.4) is 0 Å². The maximum Gasteiger partial charge on any atom is 0.472 e. The van der Waals surface area contributed by atoms with Crippen LogP contribution in [0.1, 0.15) is 426 Å². The second-order valence-electron chi connectivity index (χ2n) is 28.5. The zero-order chi connectivity index (χ0) is 71.8. The van der Waals surface area contributed by atoms with Crippen LogP contribution in [0.15, 0.2) is 0 Å². The molecule has 0 aromatic rings. The van der Waals surface area contributed by atoms with Crippen LogP contribution in [0.25, 0.3) is 0 Å². The minimum Gasteiger partial charge on any atom is -0.462 e. The first-order valence-corrected chi connectivity index (χ1v) is 44.3. The predicted octanol–water partition coefficient (Wildman–Crippen LogP) is 23.8. The number of phosphoric acid groups is 2. The van der Waals surface area contributed by atoms with Gasteiger partial charge >= 0.3 is 39.5 Å². The van der Waals surface area contributed by atoms with Gasteiger partial charge in [0.2, 0.25) is 0 Å². The first-order valence-electron chi connectivity index (χ1n) is 41.3. The quantitative estimate of drug-likeness (QED) is 0.0222. The second-order valence-corrected chi connectivity index (χ2v) is 31.4. The van der Waals surface area contributed by atoms with E-state index in [4.69, 9.17) is 37.0 Å². The molecule has 582 valence electrons. The molecule has 0 fully saturated rings. The molecule has 0 aliphatic carbocycles. The van der Waals surface area contributed by atoms with E-state index in [1.165, 1.54) is 257 Å². The highest BCUT2D eigenvalue weighted by Gasteiger charge is 2.30. The summed E-state index contributed by atoms with van der Waals surface area (Å²) < 4.78 is 68.5. The zero-order valence-corrected chi connectivity index (χ0v) is 65.6. The number of esters is 4. The van der Waals surface area contributed by atoms with E-state index in [-0.39, 0.29) is 25.7 Å². The number of hydrogen-bond acceptors (Lipinski definition) is 15. The lowest BCUT2D eigenvalue weighted by molar-refractivity contribution is -0.161. The van der Waals surface area contributed by atoms with E-state index < -0.39 is 97.5 Å². The maximum absolute atomic E-state index is 13.1. The zero-order valence-electron chi connectivity index (χ0n) is 63.8. The summed E-state index contributed by atoms with van der Waals surface area (Å²) in [6.07, 6.45) is 65.5. The van der Waals surface area contributed by atoms with Gasteiger partial charge < -0.3 is 33.8 Å². The molecule has 0 saturated heterocycles. The maximum atomic E-state index is 13.1. The smallest absolute Gasteiger partial charge is 0.462 e. The van der Waals surface area contributed by atoms with Crippen LogP contribution in [-0.4, -0.2) is 96.7 Å². The van der Waals surface area contributed by atoms with E-state index >= 15 is 0 Å². The van der Waals surface area contributed by atoms with Crippen molar-refractivity contribution in [3.8, 4) is 0 Å². The predicted molar refractivity (Wildman–Crippen MR) is 400 cm³/mol. The summed E-state index contributed by atoms with van der Waals surface area (Å²) in [4.78, 5) is 72.8. The average molecular weight is 1440 g/mol. The molecule has 0 amide bonds. The fourth-order valence-corrected chi connectivity index (χ4v) is 13.9. The van der Waals surface area contributed by atoms with Crippen LogP contribution >= 0.6 is 15.6 Å². The Bertz CT molecular complexity index is 1860. The Morgan fingerprint density at radius 2 is 0.408 bits per heavy atom. The standard InChI is InChI=1S/C79H154O17P2/c1-5-9-13-17-21-25-27-29-31-33-35-37-39-41-43-45-49-52-56-60-64-77(82)90-70-75(96-79(84)66-62-58-54-50-46-44-42-40-38-36-34-32-30-28-26-22-18-14-10-6-2)72-94-98(87,88)92-68-73(80)67-91-97(85,86)93-71-74(95-78(83)65-61-57-53-48-24-20-16-12-8-4)69-89-76(81)63-59-55-51-47-23-19-15-11-7-3/h73-75,80H,5-72H2,1-4H3,(H,85,86)(H,87,88)/t73-,74+,75+/m0/s1. The Balaban J connectivity index is 5.15. The molecular formula is C79H154O17P2. The van der Waals surface area contributed by atoms with Crippen LogP contribution in [-0.2, 0) is 65.4 Å². The van der Waals surface area contributed by atoms with Crippen LogP contribution in [0.5, 0.6) is 0 Å². The van der Waals surface area contributed by atoms with E-state index in [2.05, 4.69) is 27.7 Å². The van der Waals surface area contributed by atoms with Gasteiger partial charge in [-0.3, -0.25) is 37.3 Å². The number of aliphatic hydroxyl groups excluding tert-OH is 1.